The second-order valence-corrected chi connectivity index (χ2v) is 5.67. The molecule has 0 fully saturated rings. The quantitative estimate of drug-likeness (QED) is 0.842. The Morgan fingerprint density at radius 2 is 1.92 bits per heavy atom. The second kappa shape index (κ2) is 8.35. The van der Waals surface area contributed by atoms with Gasteiger partial charge >= 0.3 is 6.18 Å². The molecule has 0 spiro atoms. The Hall–Kier alpha value is -2.06. The summed E-state index contributed by atoms with van der Waals surface area (Å²) in [5, 5.41) is 6.20. The van der Waals surface area contributed by atoms with E-state index in [1.165, 1.54) is 12.1 Å². The lowest BCUT2D eigenvalue weighted by Gasteiger charge is -2.13. The van der Waals surface area contributed by atoms with Crippen molar-refractivity contribution >= 4 is 18.3 Å². The van der Waals surface area contributed by atoms with Gasteiger partial charge in [0.25, 0.3) is 5.91 Å². The van der Waals surface area contributed by atoms with Crippen LogP contribution in [0.15, 0.2) is 30.5 Å². The van der Waals surface area contributed by atoms with Gasteiger partial charge in [0.2, 0.25) is 0 Å². The normalized spacial score (nSPS) is 12.4. The molecule has 1 unspecified atom stereocenters. The first kappa shape index (κ1) is 21.0. The molecule has 0 saturated carbocycles. The highest BCUT2D eigenvalue weighted by molar-refractivity contribution is 5.95. The zero-order chi connectivity index (χ0) is 17.9. The summed E-state index contributed by atoms with van der Waals surface area (Å²) in [5.74, 6) is -0.818. The highest BCUT2D eigenvalue weighted by atomic mass is 35.5. The summed E-state index contributed by atoms with van der Waals surface area (Å²) >= 11 is 0. The number of nitrogens with two attached hydrogens (primary N) is 1. The molecule has 0 bridgehead atoms. The van der Waals surface area contributed by atoms with Gasteiger partial charge in [0.15, 0.2) is 5.69 Å². The van der Waals surface area contributed by atoms with Crippen molar-refractivity contribution in [2.45, 2.75) is 32.5 Å². The third kappa shape index (κ3) is 5.20. The van der Waals surface area contributed by atoms with E-state index in [0.717, 1.165) is 16.4 Å². The number of hydrogen-bond acceptors (Lipinski definition) is 3. The van der Waals surface area contributed by atoms with Gasteiger partial charge in [0.05, 0.1) is 17.4 Å². The Morgan fingerprint density at radius 3 is 2.44 bits per heavy atom. The molecule has 0 aliphatic heterocycles. The summed E-state index contributed by atoms with van der Waals surface area (Å²) in [6.07, 6.45) is -3.31. The topological polar surface area (TPSA) is 72.9 Å². The van der Waals surface area contributed by atoms with Crippen LogP contribution >= 0.6 is 12.4 Å². The van der Waals surface area contributed by atoms with Crippen LogP contribution in [0.5, 0.6) is 0 Å². The van der Waals surface area contributed by atoms with Gasteiger partial charge in [0, 0.05) is 12.6 Å². The van der Waals surface area contributed by atoms with Crippen LogP contribution in [0, 0.1) is 6.92 Å². The van der Waals surface area contributed by atoms with Crippen molar-refractivity contribution in [2.24, 2.45) is 5.73 Å². The number of halogens is 4. The number of hydrogen-bond donors (Lipinski definition) is 2. The predicted molar refractivity (Wildman–Crippen MR) is 91.2 cm³/mol. The van der Waals surface area contributed by atoms with Gasteiger partial charge in [-0.25, -0.2) is 4.68 Å². The van der Waals surface area contributed by atoms with E-state index in [0.29, 0.717) is 6.42 Å². The molecule has 0 aliphatic carbocycles. The molecule has 25 heavy (non-hydrogen) atoms. The number of aromatic nitrogens is 2. The molecule has 1 heterocycles. The zero-order valence-electron chi connectivity index (χ0n) is 13.8. The summed E-state index contributed by atoms with van der Waals surface area (Å²) in [7, 11) is 0. The zero-order valence-corrected chi connectivity index (χ0v) is 14.6. The van der Waals surface area contributed by atoms with Crippen molar-refractivity contribution in [3.8, 4) is 5.69 Å². The minimum Gasteiger partial charge on any atom is -0.352 e. The number of benzene rings is 1. The van der Waals surface area contributed by atoms with Crippen molar-refractivity contribution in [1.29, 1.82) is 0 Å². The molecule has 2 aromatic rings. The number of nitrogens with one attached hydrogen (secondary N) is 1. The Morgan fingerprint density at radius 1 is 1.32 bits per heavy atom. The molecule has 1 amide bonds. The highest BCUT2D eigenvalue weighted by Crippen LogP contribution is 2.33. The maximum absolute atomic E-state index is 13.5. The maximum Gasteiger partial charge on any atom is 0.434 e. The Labute approximate surface area is 149 Å². The van der Waals surface area contributed by atoms with E-state index in [4.69, 9.17) is 5.73 Å². The molecule has 0 radical (unpaired) electrons. The van der Waals surface area contributed by atoms with Crippen LogP contribution in [0.4, 0.5) is 13.2 Å². The molecule has 5 nitrogen and oxygen atoms in total. The van der Waals surface area contributed by atoms with Gasteiger partial charge in [-0.1, -0.05) is 17.7 Å². The lowest BCUT2D eigenvalue weighted by atomic mass is 10.2. The number of rotatable bonds is 5. The summed E-state index contributed by atoms with van der Waals surface area (Å²) in [5.41, 5.74) is 5.11. The molecule has 1 aromatic heterocycles. The van der Waals surface area contributed by atoms with Crippen molar-refractivity contribution in [2.75, 3.05) is 6.54 Å². The maximum atomic E-state index is 13.5. The predicted octanol–water partition coefficient (Wildman–Crippen LogP) is 3.09. The fraction of sp³-hybridized carbons (Fsp3) is 0.375. The van der Waals surface area contributed by atoms with E-state index in [-0.39, 0.29) is 30.7 Å². The van der Waals surface area contributed by atoms with Gasteiger partial charge in [-0.15, -0.1) is 12.4 Å². The van der Waals surface area contributed by atoms with Gasteiger partial charge in [-0.05, 0) is 32.4 Å². The minimum absolute atomic E-state index is 0. The first-order valence-electron chi connectivity index (χ1n) is 7.46. The van der Waals surface area contributed by atoms with Crippen LogP contribution < -0.4 is 11.1 Å². The SMILES string of the molecule is Cc1ccc(-n2ncc(C(=O)NCCC(C)N)c2C(F)(F)F)cc1.Cl. The van der Waals surface area contributed by atoms with Crippen LogP contribution in [-0.2, 0) is 6.18 Å². The van der Waals surface area contributed by atoms with E-state index >= 15 is 0 Å². The van der Waals surface area contributed by atoms with Gasteiger partial charge in [-0.2, -0.15) is 18.3 Å². The van der Waals surface area contributed by atoms with Gasteiger partial charge < -0.3 is 11.1 Å². The van der Waals surface area contributed by atoms with Crippen molar-refractivity contribution in [3.05, 3.63) is 47.3 Å². The van der Waals surface area contributed by atoms with Crippen molar-refractivity contribution in [3.63, 3.8) is 0 Å². The van der Waals surface area contributed by atoms with Gasteiger partial charge in [0.1, 0.15) is 0 Å². The van der Waals surface area contributed by atoms with Crippen LogP contribution in [0.3, 0.4) is 0 Å². The summed E-state index contributed by atoms with van der Waals surface area (Å²) in [6, 6.07) is 6.26. The average molecular weight is 377 g/mol. The number of alkyl halides is 3. The van der Waals surface area contributed by atoms with E-state index < -0.39 is 23.3 Å². The van der Waals surface area contributed by atoms with Gasteiger partial charge in [-0.3, -0.25) is 4.79 Å². The number of carbonyl (C=O) groups excluding carboxylic acids is 1. The van der Waals surface area contributed by atoms with Crippen LogP contribution in [0.2, 0.25) is 0 Å². The molecule has 1 atom stereocenters. The first-order chi connectivity index (χ1) is 11.2. The Bertz CT molecular complexity index is 711. The smallest absolute Gasteiger partial charge is 0.352 e. The minimum atomic E-state index is -4.71. The van der Waals surface area contributed by atoms with Crippen molar-refractivity contribution < 1.29 is 18.0 Å². The molecule has 0 aliphatic rings. The Balaban J connectivity index is 0.00000312. The average Bonchev–Trinajstić information content (AvgIpc) is 2.92. The lowest BCUT2D eigenvalue weighted by molar-refractivity contribution is -0.143. The molecule has 2 rings (SSSR count). The second-order valence-electron chi connectivity index (χ2n) is 5.67. The molecule has 9 heteroatoms. The molecule has 3 N–H and O–H groups in total. The lowest BCUT2D eigenvalue weighted by Crippen LogP contribution is -2.30. The first-order valence-corrected chi connectivity index (χ1v) is 7.46. The number of amides is 1. The number of carbonyl (C=O) groups is 1. The molecular weight excluding hydrogens is 357 g/mol. The molecule has 1 aromatic carbocycles. The summed E-state index contributed by atoms with van der Waals surface area (Å²) < 4.78 is 41.1. The number of aryl methyl sites for hydroxylation is 1. The Kier molecular flexibility index (Phi) is 7.01. The molecule has 138 valence electrons. The molecule has 0 saturated heterocycles. The third-order valence-corrected chi connectivity index (χ3v) is 3.45. The largest absolute Gasteiger partial charge is 0.434 e. The fourth-order valence-electron chi connectivity index (χ4n) is 2.18. The van der Waals surface area contributed by atoms with Crippen LogP contribution in [-0.4, -0.2) is 28.3 Å². The standard InChI is InChI=1S/C16H19F3N4O.ClH/c1-10-3-5-12(6-4-10)23-14(16(17,18)19)13(9-22-23)15(24)21-8-7-11(2)20;/h3-6,9,11H,7-8,20H2,1-2H3,(H,21,24);1H. The summed E-state index contributed by atoms with van der Waals surface area (Å²) in [4.78, 5) is 12.1. The highest BCUT2D eigenvalue weighted by Gasteiger charge is 2.40. The van der Waals surface area contributed by atoms with Crippen molar-refractivity contribution in [1.82, 2.24) is 15.1 Å². The van der Waals surface area contributed by atoms with E-state index in [9.17, 15) is 18.0 Å². The third-order valence-electron chi connectivity index (χ3n) is 3.45. The molecular formula is C16H20ClF3N4O. The monoisotopic (exact) mass is 376 g/mol. The summed E-state index contributed by atoms with van der Waals surface area (Å²) in [6.45, 7) is 3.78. The van der Waals surface area contributed by atoms with E-state index in [1.807, 2.05) is 6.92 Å². The van der Waals surface area contributed by atoms with Crippen LogP contribution in [0.1, 0.15) is 35.0 Å². The fourth-order valence-corrected chi connectivity index (χ4v) is 2.18. The van der Waals surface area contributed by atoms with E-state index in [1.54, 1.807) is 19.1 Å². The van der Waals surface area contributed by atoms with E-state index in [2.05, 4.69) is 10.4 Å². The number of nitrogens with zero attached hydrogens (tertiary/aromatic N) is 2. The van der Waals surface area contributed by atoms with Crippen LogP contribution in [0.25, 0.3) is 5.69 Å².